The van der Waals surface area contributed by atoms with E-state index in [4.69, 9.17) is 5.73 Å². The Balaban J connectivity index is 2.17. The number of allylic oxidation sites excluding steroid dienone is 1. The highest BCUT2D eigenvalue weighted by Gasteiger charge is 2.25. The molecule has 124 valence electrons. The van der Waals surface area contributed by atoms with Crippen molar-refractivity contribution < 1.29 is 9.18 Å². The van der Waals surface area contributed by atoms with Crippen LogP contribution in [0.3, 0.4) is 0 Å². The van der Waals surface area contributed by atoms with Crippen molar-refractivity contribution in [1.29, 1.82) is 0 Å². The first-order valence-corrected chi connectivity index (χ1v) is 7.89. The molecule has 1 amide bonds. The van der Waals surface area contributed by atoms with E-state index in [-0.39, 0.29) is 11.8 Å². The van der Waals surface area contributed by atoms with Gasteiger partial charge in [0.05, 0.1) is 0 Å². The molecule has 2 rings (SSSR count). The van der Waals surface area contributed by atoms with Gasteiger partial charge >= 0.3 is 0 Å². The molecule has 5 nitrogen and oxygen atoms in total. The number of hydrogen-bond donors (Lipinski definition) is 1. The summed E-state index contributed by atoms with van der Waals surface area (Å²) in [4.78, 5) is 22.0. The molecule has 1 saturated carbocycles. The smallest absolute Gasteiger partial charge is 0.230 e. The summed E-state index contributed by atoms with van der Waals surface area (Å²) >= 11 is 0. The number of rotatable bonds is 5. The normalized spacial score (nSPS) is 16.7. The minimum atomic E-state index is -0.796. The number of hydrogen-bond acceptors (Lipinski definition) is 4. The van der Waals surface area contributed by atoms with Gasteiger partial charge in [-0.05, 0) is 30.5 Å². The van der Waals surface area contributed by atoms with E-state index < -0.39 is 6.80 Å². The summed E-state index contributed by atoms with van der Waals surface area (Å²) in [7, 11) is 1.74. The Morgan fingerprint density at radius 1 is 1.48 bits per heavy atom. The topological polar surface area (TPSA) is 71.6 Å². The Morgan fingerprint density at radius 3 is 2.87 bits per heavy atom. The van der Waals surface area contributed by atoms with Crippen LogP contribution in [0.4, 0.5) is 10.2 Å². The van der Waals surface area contributed by atoms with Gasteiger partial charge in [0.2, 0.25) is 5.91 Å². The molecule has 1 aromatic rings. The number of halogens is 1. The number of pyridine rings is 1. The van der Waals surface area contributed by atoms with E-state index in [1.165, 1.54) is 18.8 Å². The number of anilines is 1. The van der Waals surface area contributed by atoms with Crippen molar-refractivity contribution in [2.45, 2.75) is 32.1 Å². The van der Waals surface area contributed by atoms with Crippen LogP contribution in [-0.2, 0) is 4.79 Å². The molecular weight excluding hydrogens is 295 g/mol. The zero-order valence-corrected chi connectivity index (χ0v) is 13.4. The Hall–Kier alpha value is -2.24. The van der Waals surface area contributed by atoms with Gasteiger partial charge in [0.15, 0.2) is 6.80 Å². The molecule has 0 bridgehead atoms. The van der Waals surface area contributed by atoms with Crippen molar-refractivity contribution in [2.75, 3.05) is 18.7 Å². The van der Waals surface area contributed by atoms with Crippen LogP contribution in [0.1, 0.15) is 37.7 Å². The van der Waals surface area contributed by atoms with Crippen LogP contribution < -0.4 is 10.6 Å². The molecule has 6 heteroatoms. The van der Waals surface area contributed by atoms with E-state index in [1.54, 1.807) is 30.3 Å². The Labute approximate surface area is 136 Å². The Morgan fingerprint density at radius 2 is 2.22 bits per heavy atom. The monoisotopic (exact) mass is 318 g/mol. The summed E-state index contributed by atoms with van der Waals surface area (Å²) < 4.78 is 12.2. The van der Waals surface area contributed by atoms with Crippen LogP contribution in [0, 0.1) is 5.92 Å². The molecule has 23 heavy (non-hydrogen) atoms. The Kier molecular flexibility index (Phi) is 6.26. The maximum atomic E-state index is 12.6. The van der Waals surface area contributed by atoms with Gasteiger partial charge in [-0.25, -0.2) is 9.37 Å². The molecule has 0 unspecified atom stereocenters. The third-order valence-electron chi connectivity index (χ3n) is 4.19. The average molecular weight is 318 g/mol. The van der Waals surface area contributed by atoms with Gasteiger partial charge in [0, 0.05) is 37.2 Å². The number of carbonyl (C=O) groups excluding carboxylic acids is 1. The van der Waals surface area contributed by atoms with Crippen molar-refractivity contribution >= 4 is 23.5 Å². The van der Waals surface area contributed by atoms with Gasteiger partial charge < -0.3 is 5.73 Å². The second-order valence-corrected chi connectivity index (χ2v) is 5.69. The third-order valence-corrected chi connectivity index (χ3v) is 4.19. The van der Waals surface area contributed by atoms with E-state index in [9.17, 15) is 9.18 Å². The lowest BCUT2D eigenvalue weighted by Gasteiger charge is -2.26. The van der Waals surface area contributed by atoms with E-state index in [2.05, 4.69) is 9.98 Å². The molecule has 0 radical (unpaired) electrons. The summed E-state index contributed by atoms with van der Waals surface area (Å²) in [5, 5.41) is 0. The van der Waals surface area contributed by atoms with Gasteiger partial charge in [-0.2, -0.15) is 0 Å². The zero-order valence-electron chi connectivity index (χ0n) is 13.4. The molecule has 1 fully saturated rings. The molecule has 1 aliphatic rings. The molecule has 0 aliphatic heterocycles. The number of alkyl halides is 1. The molecular formula is C17H23FN4O. The van der Waals surface area contributed by atoms with Crippen LogP contribution in [0.2, 0.25) is 0 Å². The minimum Gasteiger partial charge on any atom is -0.404 e. The van der Waals surface area contributed by atoms with Crippen molar-refractivity contribution in [3.8, 4) is 0 Å². The first-order chi connectivity index (χ1) is 11.2. The van der Waals surface area contributed by atoms with Gasteiger partial charge in [-0.1, -0.05) is 19.3 Å². The van der Waals surface area contributed by atoms with Crippen molar-refractivity contribution in [3.05, 3.63) is 30.1 Å². The number of aliphatic imine (C=N–C) groups is 1. The van der Waals surface area contributed by atoms with Crippen LogP contribution in [0.5, 0.6) is 0 Å². The van der Waals surface area contributed by atoms with Crippen LogP contribution in [0.15, 0.2) is 29.5 Å². The number of nitrogens with two attached hydrogens (primary N) is 1. The minimum absolute atomic E-state index is 0.0804. The van der Waals surface area contributed by atoms with E-state index in [0.29, 0.717) is 11.4 Å². The van der Waals surface area contributed by atoms with Crippen LogP contribution >= 0.6 is 0 Å². The zero-order chi connectivity index (χ0) is 16.7. The first kappa shape index (κ1) is 17.1. The third kappa shape index (κ3) is 4.37. The second-order valence-electron chi connectivity index (χ2n) is 5.69. The molecule has 0 spiro atoms. The molecule has 0 atom stereocenters. The molecule has 0 saturated heterocycles. The fourth-order valence-corrected chi connectivity index (χ4v) is 2.86. The highest BCUT2D eigenvalue weighted by molar-refractivity contribution is 6.10. The largest absolute Gasteiger partial charge is 0.404 e. The summed E-state index contributed by atoms with van der Waals surface area (Å²) in [6.07, 6.45) is 9.67. The maximum absolute atomic E-state index is 12.6. The number of nitrogens with zero attached hydrogens (tertiary/aromatic N) is 3. The van der Waals surface area contributed by atoms with Crippen LogP contribution in [0.25, 0.3) is 5.57 Å². The van der Waals surface area contributed by atoms with E-state index in [0.717, 1.165) is 31.2 Å². The molecule has 1 aromatic heterocycles. The first-order valence-electron chi connectivity index (χ1n) is 7.89. The number of aromatic nitrogens is 1. The number of amides is 1. The SMILES string of the molecule is CN(C(=O)C1CCCCC1)c1cc(C(=C/N)/C=N/CF)ccn1. The predicted octanol–water partition coefficient (Wildman–Crippen LogP) is 2.92. The lowest BCUT2D eigenvalue weighted by molar-refractivity contribution is -0.123. The fourth-order valence-electron chi connectivity index (χ4n) is 2.86. The molecule has 1 aliphatic carbocycles. The van der Waals surface area contributed by atoms with Crippen molar-refractivity contribution in [1.82, 2.24) is 4.98 Å². The highest BCUT2D eigenvalue weighted by Crippen LogP contribution is 2.27. The Bertz CT molecular complexity index is 594. The summed E-state index contributed by atoms with van der Waals surface area (Å²) in [6, 6.07) is 3.52. The standard InChI is InChI=1S/C17H23FN4O/c1-22(17(23)13-5-3-2-4-6-13)16-9-14(7-8-21-16)15(10-19)11-20-12-18/h7-11,13H,2-6,12,19H2,1H3/b15-10+,20-11+. The fraction of sp³-hybridized carbons (Fsp3) is 0.471. The van der Waals surface area contributed by atoms with Crippen molar-refractivity contribution in [2.24, 2.45) is 16.6 Å². The van der Waals surface area contributed by atoms with Crippen molar-refractivity contribution in [3.63, 3.8) is 0 Å². The highest BCUT2D eigenvalue weighted by atomic mass is 19.1. The lowest BCUT2D eigenvalue weighted by Crippen LogP contribution is -2.34. The molecule has 2 N–H and O–H groups in total. The van der Waals surface area contributed by atoms with Crippen LogP contribution in [-0.4, -0.2) is 31.0 Å². The maximum Gasteiger partial charge on any atom is 0.230 e. The van der Waals surface area contributed by atoms with E-state index >= 15 is 0 Å². The molecule has 0 aromatic carbocycles. The summed E-state index contributed by atoms with van der Waals surface area (Å²) in [5.74, 6) is 0.743. The van der Waals surface area contributed by atoms with Gasteiger partial charge in [-0.15, -0.1) is 0 Å². The quantitative estimate of drug-likeness (QED) is 0.670. The summed E-state index contributed by atoms with van der Waals surface area (Å²) in [5.41, 5.74) is 6.91. The molecule has 1 heterocycles. The summed E-state index contributed by atoms with van der Waals surface area (Å²) in [6.45, 7) is -0.796. The van der Waals surface area contributed by atoms with Gasteiger partial charge in [0.1, 0.15) is 5.82 Å². The lowest BCUT2D eigenvalue weighted by atomic mass is 9.88. The second kappa shape index (κ2) is 8.41. The average Bonchev–Trinajstić information content (AvgIpc) is 2.62. The predicted molar refractivity (Wildman–Crippen MR) is 90.9 cm³/mol. The van der Waals surface area contributed by atoms with Gasteiger partial charge in [-0.3, -0.25) is 14.7 Å². The number of carbonyl (C=O) groups is 1. The van der Waals surface area contributed by atoms with E-state index in [1.807, 2.05) is 0 Å². The van der Waals surface area contributed by atoms with Gasteiger partial charge in [0.25, 0.3) is 0 Å².